The summed E-state index contributed by atoms with van der Waals surface area (Å²) in [4.78, 5) is 9.91. The van der Waals surface area contributed by atoms with Gasteiger partial charge in [-0.25, -0.2) is 0 Å². The molecule has 88 valence electrons. The number of hydrogen-bond acceptors (Lipinski definition) is 2. The van der Waals surface area contributed by atoms with Gasteiger partial charge in [0.15, 0.2) is 0 Å². The average Bonchev–Trinajstić information content (AvgIpc) is 2.25. The normalized spacial score (nSPS) is 8.56. The highest BCUT2D eigenvalue weighted by Crippen LogP contribution is 2.07. The van der Waals surface area contributed by atoms with Crippen LogP contribution in [0.15, 0.2) is 0 Å². The first-order valence-electron chi connectivity index (χ1n) is 5.97. The van der Waals surface area contributed by atoms with E-state index >= 15 is 0 Å². The Hall–Kier alpha value is -1.41. The van der Waals surface area contributed by atoms with Crippen LogP contribution in [-0.4, -0.2) is 5.97 Å². The van der Waals surface area contributed by atoms with Crippen LogP contribution in [0.25, 0.3) is 0 Å². The van der Waals surface area contributed by atoms with Crippen molar-refractivity contribution in [3.8, 4) is 23.7 Å². The van der Waals surface area contributed by atoms with Crippen molar-refractivity contribution < 1.29 is 9.90 Å². The number of unbranched alkanes of at least 4 members (excludes halogenated alkanes) is 7. The summed E-state index contributed by atoms with van der Waals surface area (Å²) in [7, 11) is 0. The summed E-state index contributed by atoms with van der Waals surface area (Å²) in [6.45, 7) is 2.21. The predicted molar refractivity (Wildman–Crippen MR) is 63.2 cm³/mol. The van der Waals surface area contributed by atoms with Crippen molar-refractivity contribution in [3.63, 3.8) is 0 Å². The van der Waals surface area contributed by atoms with Gasteiger partial charge in [-0.3, -0.25) is 0 Å². The van der Waals surface area contributed by atoms with Gasteiger partial charge in [-0.15, -0.1) is 0 Å². The maximum Gasteiger partial charge on any atom is 0.117 e. The molecule has 0 atom stereocenters. The summed E-state index contributed by atoms with van der Waals surface area (Å²) in [5.74, 6) is 8.04. The molecule has 2 heteroatoms. The number of carboxylic acids is 1. The van der Waals surface area contributed by atoms with Crippen molar-refractivity contribution in [2.75, 3.05) is 0 Å². The van der Waals surface area contributed by atoms with E-state index in [1.54, 1.807) is 0 Å². The second-order valence-electron chi connectivity index (χ2n) is 3.71. The molecule has 0 aromatic rings. The maximum atomic E-state index is 9.91. The molecule has 0 amide bonds. The van der Waals surface area contributed by atoms with Gasteiger partial charge in [0.1, 0.15) is 5.97 Å². The lowest BCUT2D eigenvalue weighted by Gasteiger charge is -1.97. The zero-order chi connectivity index (χ0) is 12.1. The van der Waals surface area contributed by atoms with E-state index in [9.17, 15) is 9.90 Å². The van der Waals surface area contributed by atoms with Gasteiger partial charge < -0.3 is 9.90 Å². The molecule has 0 bridgehead atoms. The molecule has 0 radical (unpaired) electrons. The van der Waals surface area contributed by atoms with Gasteiger partial charge in [-0.05, 0) is 24.2 Å². The van der Waals surface area contributed by atoms with Crippen LogP contribution in [0.2, 0.25) is 0 Å². The molecule has 0 N–H and O–H groups in total. The minimum absolute atomic E-state index is 0.801. The maximum absolute atomic E-state index is 9.91. The molecular formula is C14H19O2-. The smallest absolute Gasteiger partial charge is 0.117 e. The number of hydrogen-bond donors (Lipinski definition) is 0. The Labute approximate surface area is 98.4 Å². The van der Waals surface area contributed by atoms with Crippen molar-refractivity contribution >= 4 is 5.97 Å². The quantitative estimate of drug-likeness (QED) is 0.484. The zero-order valence-electron chi connectivity index (χ0n) is 9.97. The van der Waals surface area contributed by atoms with Crippen LogP contribution in [0.1, 0.15) is 58.3 Å². The second kappa shape index (κ2) is 11.7. The topological polar surface area (TPSA) is 40.1 Å². The van der Waals surface area contributed by atoms with Crippen LogP contribution in [0.3, 0.4) is 0 Å². The third kappa shape index (κ3) is 12.6. The molecule has 0 rings (SSSR count). The van der Waals surface area contributed by atoms with E-state index in [1.165, 1.54) is 38.5 Å². The molecular weight excluding hydrogens is 200 g/mol. The summed E-state index contributed by atoms with van der Waals surface area (Å²) in [5, 5.41) is 9.91. The lowest BCUT2D eigenvalue weighted by Crippen LogP contribution is -2.19. The third-order valence-corrected chi connectivity index (χ3v) is 2.22. The Morgan fingerprint density at radius 2 is 1.62 bits per heavy atom. The molecule has 0 heterocycles. The van der Waals surface area contributed by atoms with Crippen molar-refractivity contribution in [2.45, 2.75) is 58.3 Å². The minimum atomic E-state index is -1.37. The van der Waals surface area contributed by atoms with Crippen LogP contribution in [-0.2, 0) is 4.79 Å². The molecule has 0 aliphatic heterocycles. The lowest BCUT2D eigenvalue weighted by molar-refractivity contribution is -0.295. The highest BCUT2D eigenvalue weighted by atomic mass is 16.4. The molecule has 16 heavy (non-hydrogen) atoms. The van der Waals surface area contributed by atoms with E-state index in [2.05, 4.69) is 24.7 Å². The Bertz CT molecular complexity index is 296. The highest BCUT2D eigenvalue weighted by molar-refractivity contribution is 5.85. The summed E-state index contributed by atoms with van der Waals surface area (Å²) < 4.78 is 0. The molecule has 0 spiro atoms. The van der Waals surface area contributed by atoms with Gasteiger partial charge in [-0.2, -0.15) is 0 Å². The summed E-state index contributed by atoms with van der Waals surface area (Å²) in [5.41, 5.74) is 0. The summed E-state index contributed by atoms with van der Waals surface area (Å²) >= 11 is 0. The first-order chi connectivity index (χ1) is 7.77. The van der Waals surface area contributed by atoms with Crippen LogP contribution in [0.4, 0.5) is 0 Å². The van der Waals surface area contributed by atoms with Crippen LogP contribution >= 0.6 is 0 Å². The lowest BCUT2D eigenvalue weighted by atomic mass is 10.1. The fourth-order valence-electron chi connectivity index (χ4n) is 1.36. The molecule has 0 saturated heterocycles. The van der Waals surface area contributed by atoms with Gasteiger partial charge in [0.25, 0.3) is 0 Å². The first kappa shape index (κ1) is 14.6. The molecule has 0 aliphatic carbocycles. The number of carbonyl (C=O) groups excluding carboxylic acids is 1. The molecule has 0 saturated carbocycles. The van der Waals surface area contributed by atoms with Gasteiger partial charge in [0.2, 0.25) is 0 Å². The van der Waals surface area contributed by atoms with Gasteiger partial charge in [-0.1, -0.05) is 51.4 Å². The van der Waals surface area contributed by atoms with Crippen LogP contribution < -0.4 is 5.11 Å². The first-order valence-corrected chi connectivity index (χ1v) is 5.97. The van der Waals surface area contributed by atoms with E-state index in [1.807, 2.05) is 5.92 Å². The number of aliphatic carboxylic acids is 1. The SMILES string of the molecule is CCCCCCCCCC#CC#CC(=O)[O-]. The van der Waals surface area contributed by atoms with Gasteiger partial charge in [0, 0.05) is 6.42 Å². The third-order valence-electron chi connectivity index (χ3n) is 2.22. The van der Waals surface area contributed by atoms with Crippen molar-refractivity contribution in [3.05, 3.63) is 0 Å². The zero-order valence-corrected chi connectivity index (χ0v) is 9.97. The summed E-state index contributed by atoms with van der Waals surface area (Å²) in [6.07, 6.45) is 9.60. The van der Waals surface area contributed by atoms with E-state index in [4.69, 9.17) is 0 Å². The number of carbonyl (C=O) groups is 1. The van der Waals surface area contributed by atoms with E-state index in [0.29, 0.717) is 0 Å². The molecule has 0 aliphatic rings. The van der Waals surface area contributed by atoms with Crippen molar-refractivity contribution in [1.29, 1.82) is 0 Å². The predicted octanol–water partition coefficient (Wildman–Crippen LogP) is 1.88. The standard InChI is InChI=1S/C14H20O2/c1-2-3-4-5-6-7-8-9-10-11-12-13-14(15)16/h2-9H2,1H3,(H,15,16)/p-1. The Balaban J connectivity index is 3.27. The number of rotatable bonds is 7. The van der Waals surface area contributed by atoms with Gasteiger partial charge >= 0.3 is 0 Å². The van der Waals surface area contributed by atoms with E-state index < -0.39 is 5.97 Å². The van der Waals surface area contributed by atoms with E-state index in [0.717, 1.165) is 12.8 Å². The second-order valence-corrected chi connectivity index (χ2v) is 3.71. The largest absolute Gasteiger partial charge is 0.537 e. The molecule has 0 aromatic heterocycles. The molecule has 0 aromatic carbocycles. The Morgan fingerprint density at radius 3 is 2.25 bits per heavy atom. The van der Waals surface area contributed by atoms with Crippen LogP contribution in [0.5, 0.6) is 0 Å². The minimum Gasteiger partial charge on any atom is -0.537 e. The number of carboxylic acid groups (broad SMARTS) is 1. The fourth-order valence-corrected chi connectivity index (χ4v) is 1.36. The van der Waals surface area contributed by atoms with E-state index in [-0.39, 0.29) is 0 Å². The van der Waals surface area contributed by atoms with Crippen molar-refractivity contribution in [2.24, 2.45) is 0 Å². The fraction of sp³-hybridized carbons (Fsp3) is 0.643. The van der Waals surface area contributed by atoms with Crippen LogP contribution in [0, 0.1) is 23.7 Å². The van der Waals surface area contributed by atoms with Gasteiger partial charge in [0.05, 0.1) is 0 Å². The molecule has 0 fully saturated rings. The van der Waals surface area contributed by atoms with Crippen molar-refractivity contribution in [1.82, 2.24) is 0 Å². The highest BCUT2D eigenvalue weighted by Gasteiger charge is 1.88. The Morgan fingerprint density at radius 1 is 1.00 bits per heavy atom. The molecule has 0 unspecified atom stereocenters. The Kier molecular flexibility index (Phi) is 10.6. The average molecular weight is 219 g/mol. The summed E-state index contributed by atoms with van der Waals surface area (Å²) in [6, 6.07) is 0. The monoisotopic (exact) mass is 219 g/mol. The molecule has 2 nitrogen and oxygen atoms in total.